The first-order valence-electron chi connectivity index (χ1n) is 6.27. The van der Waals surface area contributed by atoms with Gasteiger partial charge in [-0.2, -0.15) is 23.0 Å². The number of aromatic nitrogens is 2. The van der Waals surface area contributed by atoms with Gasteiger partial charge in [-0.05, 0) is 23.6 Å². The molecule has 0 saturated carbocycles. The standard InChI is InChI=1S/C14H11ClF4N2O/c1-7(2)9-4-12(11(16)5-10(9)15)21-13(22)3-8(6-20-21)14(17,18)19/h3-7H,1-2H3. The highest BCUT2D eigenvalue weighted by Crippen LogP contribution is 2.29. The zero-order chi connectivity index (χ0) is 16.7. The minimum Gasteiger partial charge on any atom is -0.267 e. The normalized spacial score (nSPS) is 12.0. The van der Waals surface area contributed by atoms with Crippen molar-refractivity contribution < 1.29 is 17.6 Å². The van der Waals surface area contributed by atoms with Crippen LogP contribution in [0.15, 0.2) is 29.2 Å². The van der Waals surface area contributed by atoms with Crippen molar-refractivity contribution in [1.29, 1.82) is 0 Å². The van der Waals surface area contributed by atoms with Crippen LogP contribution in [0.2, 0.25) is 5.02 Å². The molecule has 0 aliphatic carbocycles. The lowest BCUT2D eigenvalue weighted by molar-refractivity contribution is -0.138. The number of hydrogen-bond acceptors (Lipinski definition) is 2. The second kappa shape index (κ2) is 5.72. The van der Waals surface area contributed by atoms with E-state index < -0.39 is 23.1 Å². The molecule has 3 nitrogen and oxygen atoms in total. The fraction of sp³-hybridized carbons (Fsp3) is 0.286. The van der Waals surface area contributed by atoms with Crippen LogP contribution >= 0.6 is 11.6 Å². The van der Waals surface area contributed by atoms with Crippen LogP contribution in [0.25, 0.3) is 5.69 Å². The van der Waals surface area contributed by atoms with Crippen molar-refractivity contribution in [3.05, 3.63) is 56.7 Å². The maximum Gasteiger partial charge on any atom is 0.418 e. The van der Waals surface area contributed by atoms with Crippen molar-refractivity contribution in [2.24, 2.45) is 0 Å². The summed E-state index contributed by atoms with van der Waals surface area (Å²) in [6.45, 7) is 3.62. The number of hydrogen-bond donors (Lipinski definition) is 0. The van der Waals surface area contributed by atoms with Crippen molar-refractivity contribution in [3.8, 4) is 5.69 Å². The largest absolute Gasteiger partial charge is 0.418 e. The van der Waals surface area contributed by atoms with Crippen LogP contribution in [0, 0.1) is 5.82 Å². The van der Waals surface area contributed by atoms with E-state index in [1.807, 2.05) is 13.8 Å². The summed E-state index contributed by atoms with van der Waals surface area (Å²) in [5, 5.41) is 3.58. The third-order valence-electron chi connectivity index (χ3n) is 3.04. The van der Waals surface area contributed by atoms with E-state index >= 15 is 0 Å². The topological polar surface area (TPSA) is 34.9 Å². The van der Waals surface area contributed by atoms with E-state index in [0.717, 1.165) is 6.07 Å². The van der Waals surface area contributed by atoms with Gasteiger partial charge in [-0.3, -0.25) is 4.79 Å². The summed E-state index contributed by atoms with van der Waals surface area (Å²) >= 11 is 5.91. The number of nitrogens with zero attached hydrogens (tertiary/aromatic N) is 2. The summed E-state index contributed by atoms with van der Waals surface area (Å²) in [5.74, 6) is -0.902. The minimum absolute atomic E-state index is 0.0583. The Balaban J connectivity index is 2.62. The molecule has 2 rings (SSSR count). The quantitative estimate of drug-likeness (QED) is 0.773. The van der Waals surface area contributed by atoms with Gasteiger partial charge in [0.05, 0.1) is 11.8 Å². The summed E-state index contributed by atoms with van der Waals surface area (Å²) in [6, 6.07) is 2.69. The molecule has 1 aromatic heterocycles. The number of halogens is 5. The van der Waals surface area contributed by atoms with E-state index in [1.54, 1.807) is 0 Å². The zero-order valence-corrected chi connectivity index (χ0v) is 12.3. The smallest absolute Gasteiger partial charge is 0.267 e. The molecule has 22 heavy (non-hydrogen) atoms. The van der Waals surface area contributed by atoms with Gasteiger partial charge >= 0.3 is 6.18 Å². The lowest BCUT2D eigenvalue weighted by Crippen LogP contribution is -2.24. The van der Waals surface area contributed by atoms with Crippen LogP contribution in [0.5, 0.6) is 0 Å². The lowest BCUT2D eigenvalue weighted by Gasteiger charge is -2.13. The molecule has 0 saturated heterocycles. The molecular formula is C14H11ClF4N2O. The first-order valence-corrected chi connectivity index (χ1v) is 6.65. The number of rotatable bonds is 2. The maximum absolute atomic E-state index is 14.0. The van der Waals surface area contributed by atoms with Gasteiger partial charge in [-0.1, -0.05) is 25.4 Å². The Morgan fingerprint density at radius 1 is 1.23 bits per heavy atom. The second-order valence-corrected chi connectivity index (χ2v) is 5.38. The van der Waals surface area contributed by atoms with Gasteiger partial charge in [0, 0.05) is 11.1 Å². The van der Waals surface area contributed by atoms with Gasteiger partial charge in [-0.15, -0.1) is 0 Å². The molecular weight excluding hydrogens is 324 g/mol. The third kappa shape index (κ3) is 3.14. The Morgan fingerprint density at radius 2 is 1.86 bits per heavy atom. The molecule has 0 bridgehead atoms. The van der Waals surface area contributed by atoms with Gasteiger partial charge < -0.3 is 0 Å². The molecule has 0 amide bonds. The SMILES string of the molecule is CC(C)c1cc(-n2ncc(C(F)(F)F)cc2=O)c(F)cc1Cl. The molecule has 118 valence electrons. The van der Waals surface area contributed by atoms with Crippen molar-refractivity contribution in [3.63, 3.8) is 0 Å². The summed E-state index contributed by atoms with van der Waals surface area (Å²) in [6.07, 6.45) is -4.21. The fourth-order valence-electron chi connectivity index (χ4n) is 1.90. The molecule has 0 atom stereocenters. The van der Waals surface area contributed by atoms with E-state index in [0.29, 0.717) is 22.5 Å². The Kier molecular flexibility index (Phi) is 4.28. The average Bonchev–Trinajstić information content (AvgIpc) is 2.38. The zero-order valence-electron chi connectivity index (χ0n) is 11.6. The summed E-state index contributed by atoms with van der Waals surface area (Å²) in [7, 11) is 0. The van der Waals surface area contributed by atoms with E-state index in [9.17, 15) is 22.4 Å². The van der Waals surface area contributed by atoms with Gasteiger partial charge in [0.15, 0.2) is 5.82 Å². The molecule has 0 radical (unpaired) electrons. The average molecular weight is 335 g/mol. The highest BCUT2D eigenvalue weighted by Gasteiger charge is 2.32. The van der Waals surface area contributed by atoms with Gasteiger partial charge in [0.25, 0.3) is 5.56 Å². The van der Waals surface area contributed by atoms with Crippen molar-refractivity contribution in [2.45, 2.75) is 25.9 Å². The van der Waals surface area contributed by atoms with Crippen LogP contribution in [0.4, 0.5) is 17.6 Å². The van der Waals surface area contributed by atoms with Crippen LogP contribution in [-0.2, 0) is 6.18 Å². The van der Waals surface area contributed by atoms with Crippen molar-refractivity contribution >= 4 is 11.6 Å². The molecule has 0 unspecified atom stereocenters. The second-order valence-electron chi connectivity index (χ2n) is 4.97. The minimum atomic E-state index is -4.69. The third-order valence-corrected chi connectivity index (χ3v) is 3.37. The molecule has 0 aliphatic heterocycles. The highest BCUT2D eigenvalue weighted by molar-refractivity contribution is 6.31. The number of alkyl halides is 3. The Morgan fingerprint density at radius 3 is 2.36 bits per heavy atom. The van der Waals surface area contributed by atoms with Crippen LogP contribution in [0.1, 0.15) is 30.9 Å². The predicted molar refractivity (Wildman–Crippen MR) is 73.9 cm³/mol. The molecule has 1 aromatic carbocycles. The molecule has 1 heterocycles. The fourth-order valence-corrected chi connectivity index (χ4v) is 2.27. The van der Waals surface area contributed by atoms with Gasteiger partial charge in [0.2, 0.25) is 0 Å². The van der Waals surface area contributed by atoms with Gasteiger partial charge in [0.1, 0.15) is 5.69 Å². The van der Waals surface area contributed by atoms with E-state index in [1.165, 1.54) is 6.07 Å². The Labute approximate surface area is 128 Å². The Hall–Kier alpha value is -1.89. The molecule has 8 heteroatoms. The van der Waals surface area contributed by atoms with Crippen molar-refractivity contribution in [2.75, 3.05) is 0 Å². The van der Waals surface area contributed by atoms with E-state index in [4.69, 9.17) is 11.6 Å². The van der Waals surface area contributed by atoms with Crippen LogP contribution in [-0.4, -0.2) is 9.78 Å². The first kappa shape index (κ1) is 16.5. The molecule has 0 spiro atoms. The van der Waals surface area contributed by atoms with Crippen molar-refractivity contribution in [1.82, 2.24) is 9.78 Å². The molecule has 0 aliphatic rings. The highest BCUT2D eigenvalue weighted by atomic mass is 35.5. The van der Waals surface area contributed by atoms with Crippen LogP contribution in [0.3, 0.4) is 0 Å². The summed E-state index contributed by atoms with van der Waals surface area (Å²) in [4.78, 5) is 11.8. The lowest BCUT2D eigenvalue weighted by atomic mass is 10.0. The van der Waals surface area contributed by atoms with E-state index in [2.05, 4.69) is 5.10 Å². The number of benzene rings is 1. The molecule has 0 N–H and O–H groups in total. The van der Waals surface area contributed by atoms with Gasteiger partial charge in [-0.25, -0.2) is 4.39 Å². The summed E-state index contributed by atoms with van der Waals surface area (Å²) < 4.78 is 52.1. The van der Waals surface area contributed by atoms with E-state index in [-0.39, 0.29) is 16.6 Å². The summed E-state index contributed by atoms with van der Waals surface area (Å²) in [5.41, 5.74) is -1.95. The molecule has 2 aromatic rings. The molecule has 0 fully saturated rings. The maximum atomic E-state index is 14.0. The predicted octanol–water partition coefficient (Wildman–Crippen LogP) is 4.17. The first-order chi connectivity index (χ1) is 10.1. The Bertz CT molecular complexity index is 768. The van der Waals surface area contributed by atoms with Crippen LogP contribution < -0.4 is 5.56 Å². The monoisotopic (exact) mass is 334 g/mol.